The molecule has 0 saturated heterocycles. The van der Waals surface area contributed by atoms with E-state index >= 15 is 0 Å². The van der Waals surface area contributed by atoms with E-state index in [4.69, 9.17) is 6.42 Å². The van der Waals surface area contributed by atoms with Gasteiger partial charge in [-0.3, -0.25) is 4.79 Å². The van der Waals surface area contributed by atoms with Crippen LogP contribution in [0.2, 0.25) is 0 Å². The molecule has 0 atom stereocenters. The number of rotatable bonds is 6. The van der Waals surface area contributed by atoms with Crippen molar-refractivity contribution in [3.8, 4) is 12.3 Å². The van der Waals surface area contributed by atoms with Gasteiger partial charge in [0, 0.05) is 13.0 Å². The second kappa shape index (κ2) is 7.29. The van der Waals surface area contributed by atoms with E-state index in [1.165, 1.54) is 0 Å². The summed E-state index contributed by atoms with van der Waals surface area (Å²) in [6.45, 7) is -0.242. The number of sulfonamides is 1. The van der Waals surface area contributed by atoms with E-state index in [0.29, 0.717) is 6.07 Å². The van der Waals surface area contributed by atoms with Gasteiger partial charge in [0.15, 0.2) is 0 Å². The number of alkyl halides is 3. The first-order valence-corrected chi connectivity index (χ1v) is 7.52. The maximum Gasteiger partial charge on any atom is 0.416 e. The third-order valence-corrected chi connectivity index (χ3v) is 3.96. The summed E-state index contributed by atoms with van der Waals surface area (Å²) in [7, 11) is -4.13. The molecule has 1 aromatic rings. The van der Waals surface area contributed by atoms with Crippen LogP contribution in [0.5, 0.6) is 0 Å². The zero-order valence-corrected chi connectivity index (χ0v) is 12.1. The van der Waals surface area contributed by atoms with Gasteiger partial charge in [-0.15, -0.1) is 6.42 Å². The number of carbonyl (C=O) groups excluding carboxylic acids is 1. The number of hydrogen-bond donors (Lipinski definition) is 2. The molecule has 0 aromatic heterocycles. The Morgan fingerprint density at radius 3 is 2.59 bits per heavy atom. The summed E-state index contributed by atoms with van der Waals surface area (Å²) in [6.07, 6.45) is 0.113. The minimum absolute atomic E-state index is 0.0131. The van der Waals surface area contributed by atoms with Crippen molar-refractivity contribution in [2.45, 2.75) is 17.5 Å². The molecule has 0 heterocycles. The van der Waals surface area contributed by atoms with Gasteiger partial charge in [-0.05, 0) is 18.2 Å². The van der Waals surface area contributed by atoms with Crippen molar-refractivity contribution >= 4 is 15.9 Å². The highest BCUT2D eigenvalue weighted by Gasteiger charge is 2.31. The van der Waals surface area contributed by atoms with Gasteiger partial charge >= 0.3 is 6.18 Å². The molecule has 9 heteroatoms. The summed E-state index contributed by atoms with van der Waals surface area (Å²) in [5, 5.41) is 2.33. The molecule has 0 spiro atoms. The minimum Gasteiger partial charge on any atom is -0.345 e. The summed E-state index contributed by atoms with van der Waals surface area (Å²) >= 11 is 0. The van der Waals surface area contributed by atoms with Crippen LogP contribution in [0, 0.1) is 12.3 Å². The Kier molecular flexibility index (Phi) is 5.96. The fourth-order valence-corrected chi connectivity index (χ4v) is 2.54. The van der Waals surface area contributed by atoms with Gasteiger partial charge in [-0.1, -0.05) is 12.0 Å². The standard InChI is InChI=1S/C13H13F3N2O3S/c1-2-7-17-12(19)6-8-18-22(20,21)11-5-3-4-10(9-11)13(14,15)16/h1,3-5,9,18H,6-8H2,(H,17,19). The minimum atomic E-state index is -4.64. The van der Waals surface area contributed by atoms with Crippen molar-refractivity contribution in [1.82, 2.24) is 10.0 Å². The van der Waals surface area contributed by atoms with E-state index in [2.05, 4.69) is 16.0 Å². The molecule has 0 aliphatic rings. The average Bonchev–Trinajstić information content (AvgIpc) is 2.44. The molecule has 0 radical (unpaired) electrons. The Morgan fingerprint density at radius 1 is 1.32 bits per heavy atom. The molecule has 1 aromatic carbocycles. The fourth-order valence-electron chi connectivity index (χ4n) is 1.46. The quantitative estimate of drug-likeness (QED) is 0.766. The summed E-state index contributed by atoms with van der Waals surface area (Å²) in [5.41, 5.74) is -1.07. The number of hydrogen-bond acceptors (Lipinski definition) is 3. The molecule has 5 nitrogen and oxygen atoms in total. The van der Waals surface area contributed by atoms with Crippen LogP contribution in [0.3, 0.4) is 0 Å². The van der Waals surface area contributed by atoms with Crippen molar-refractivity contribution in [2.75, 3.05) is 13.1 Å². The molecule has 0 aliphatic heterocycles. The third kappa shape index (κ3) is 5.38. The predicted molar refractivity (Wildman–Crippen MR) is 73.1 cm³/mol. The second-order valence-corrected chi connectivity index (χ2v) is 5.92. The van der Waals surface area contributed by atoms with Crippen LogP contribution in [0.1, 0.15) is 12.0 Å². The molecule has 0 unspecified atom stereocenters. The molecule has 0 bridgehead atoms. The average molecular weight is 334 g/mol. The van der Waals surface area contributed by atoms with E-state index in [-0.39, 0.29) is 19.5 Å². The lowest BCUT2D eigenvalue weighted by Gasteiger charge is -2.10. The van der Waals surface area contributed by atoms with Gasteiger partial charge < -0.3 is 5.32 Å². The first-order valence-electron chi connectivity index (χ1n) is 6.04. The summed E-state index contributed by atoms with van der Waals surface area (Å²) < 4.78 is 63.4. The molecular formula is C13H13F3N2O3S. The highest BCUT2D eigenvalue weighted by Crippen LogP contribution is 2.30. The molecule has 1 rings (SSSR count). The van der Waals surface area contributed by atoms with Gasteiger partial charge in [0.05, 0.1) is 17.0 Å². The smallest absolute Gasteiger partial charge is 0.345 e. The Balaban J connectivity index is 2.72. The maximum absolute atomic E-state index is 12.5. The van der Waals surface area contributed by atoms with Crippen molar-refractivity contribution in [1.29, 1.82) is 0 Å². The lowest BCUT2D eigenvalue weighted by Crippen LogP contribution is -2.31. The van der Waals surface area contributed by atoms with Gasteiger partial charge in [-0.25, -0.2) is 13.1 Å². The molecule has 0 fully saturated rings. The molecule has 1 amide bonds. The molecule has 120 valence electrons. The van der Waals surface area contributed by atoms with Crippen LogP contribution in [-0.2, 0) is 21.0 Å². The Labute approximate surface area is 126 Å². The monoisotopic (exact) mass is 334 g/mol. The van der Waals surface area contributed by atoms with Crippen LogP contribution in [-0.4, -0.2) is 27.4 Å². The summed E-state index contributed by atoms with van der Waals surface area (Å²) in [5.74, 6) is 1.71. The largest absolute Gasteiger partial charge is 0.416 e. The van der Waals surface area contributed by atoms with Crippen LogP contribution in [0.15, 0.2) is 29.2 Å². The van der Waals surface area contributed by atoms with E-state index in [0.717, 1.165) is 18.2 Å². The number of halogens is 3. The SMILES string of the molecule is C#CCNC(=O)CCNS(=O)(=O)c1cccc(C(F)(F)F)c1. The van der Waals surface area contributed by atoms with E-state index in [9.17, 15) is 26.4 Å². The van der Waals surface area contributed by atoms with E-state index in [1.54, 1.807) is 0 Å². The van der Waals surface area contributed by atoms with Crippen molar-refractivity contribution in [3.63, 3.8) is 0 Å². The van der Waals surface area contributed by atoms with Gasteiger partial charge in [-0.2, -0.15) is 13.2 Å². The first-order chi connectivity index (χ1) is 10.2. The molecule has 2 N–H and O–H groups in total. The van der Waals surface area contributed by atoms with Crippen LogP contribution in [0.4, 0.5) is 13.2 Å². The number of amides is 1. The Morgan fingerprint density at radius 2 is 2.00 bits per heavy atom. The lowest BCUT2D eigenvalue weighted by atomic mass is 10.2. The van der Waals surface area contributed by atoms with Crippen LogP contribution >= 0.6 is 0 Å². The van der Waals surface area contributed by atoms with Gasteiger partial charge in [0.1, 0.15) is 0 Å². The van der Waals surface area contributed by atoms with E-state index < -0.39 is 32.6 Å². The molecular weight excluding hydrogens is 321 g/mol. The van der Waals surface area contributed by atoms with Crippen molar-refractivity contribution in [2.24, 2.45) is 0 Å². The second-order valence-electron chi connectivity index (χ2n) is 4.15. The normalized spacial score (nSPS) is 11.7. The van der Waals surface area contributed by atoms with Gasteiger partial charge in [0.25, 0.3) is 0 Å². The zero-order valence-electron chi connectivity index (χ0n) is 11.3. The zero-order chi connectivity index (χ0) is 16.8. The topological polar surface area (TPSA) is 75.3 Å². The summed E-state index contributed by atoms with van der Waals surface area (Å²) in [6, 6.07) is 3.33. The van der Waals surface area contributed by atoms with Gasteiger partial charge in [0.2, 0.25) is 15.9 Å². The Bertz CT molecular complexity index is 679. The predicted octanol–water partition coefficient (Wildman–Crippen LogP) is 1.12. The first kappa shape index (κ1) is 18.0. The number of terminal acetylenes is 1. The maximum atomic E-state index is 12.5. The van der Waals surface area contributed by atoms with Crippen LogP contribution < -0.4 is 10.0 Å². The van der Waals surface area contributed by atoms with E-state index in [1.807, 2.05) is 0 Å². The number of nitrogens with one attached hydrogen (secondary N) is 2. The van der Waals surface area contributed by atoms with Crippen molar-refractivity contribution < 1.29 is 26.4 Å². The van der Waals surface area contributed by atoms with Crippen LogP contribution in [0.25, 0.3) is 0 Å². The highest BCUT2D eigenvalue weighted by molar-refractivity contribution is 7.89. The number of carbonyl (C=O) groups is 1. The lowest BCUT2D eigenvalue weighted by molar-refractivity contribution is -0.137. The summed E-state index contributed by atoms with van der Waals surface area (Å²) in [4.78, 5) is 10.7. The number of benzene rings is 1. The molecule has 22 heavy (non-hydrogen) atoms. The van der Waals surface area contributed by atoms with Crippen molar-refractivity contribution in [3.05, 3.63) is 29.8 Å². The molecule has 0 saturated carbocycles. The fraction of sp³-hybridized carbons (Fsp3) is 0.308. The molecule has 0 aliphatic carbocycles. The third-order valence-electron chi connectivity index (χ3n) is 2.50. The highest BCUT2D eigenvalue weighted by atomic mass is 32.2. The Hall–Kier alpha value is -2.05.